The third-order valence-corrected chi connectivity index (χ3v) is 6.64. The van der Waals surface area contributed by atoms with Gasteiger partial charge >= 0.3 is 0 Å². The van der Waals surface area contributed by atoms with E-state index in [4.69, 9.17) is 32.7 Å². The first kappa shape index (κ1) is 20.8. The van der Waals surface area contributed by atoms with Gasteiger partial charge in [-0.2, -0.15) is 0 Å². The van der Waals surface area contributed by atoms with Crippen LogP contribution in [0.3, 0.4) is 0 Å². The van der Waals surface area contributed by atoms with Crippen molar-refractivity contribution in [1.29, 1.82) is 0 Å². The third kappa shape index (κ3) is 3.71. The van der Waals surface area contributed by atoms with E-state index in [-0.39, 0.29) is 12.2 Å². The van der Waals surface area contributed by atoms with E-state index in [0.717, 1.165) is 22.2 Å². The molecule has 0 bridgehead atoms. The minimum Gasteiger partial charge on any atom is -0.493 e. The van der Waals surface area contributed by atoms with Crippen LogP contribution in [0.25, 0.3) is 22.1 Å². The highest BCUT2D eigenvalue weighted by Gasteiger charge is 2.14. The van der Waals surface area contributed by atoms with Crippen molar-refractivity contribution < 1.29 is 9.47 Å². The molecule has 0 radical (unpaired) electrons. The quantitative estimate of drug-likeness (QED) is 0.338. The van der Waals surface area contributed by atoms with Gasteiger partial charge in [-0.3, -0.25) is 4.79 Å². The van der Waals surface area contributed by atoms with Gasteiger partial charge in [0.05, 0.1) is 27.7 Å². The molecule has 5 rings (SSSR count). The van der Waals surface area contributed by atoms with Crippen LogP contribution in [0.2, 0.25) is 10.0 Å². The number of imidazole rings is 1. The average Bonchev–Trinajstić information content (AvgIpc) is 3.30. The second kappa shape index (κ2) is 8.47. The Kier molecular flexibility index (Phi) is 5.51. The molecule has 2 heterocycles. The number of thiazole rings is 1. The lowest BCUT2D eigenvalue weighted by Crippen LogP contribution is -2.22. The maximum Gasteiger partial charge on any atom is 0.274 e. The molecule has 0 spiro atoms. The van der Waals surface area contributed by atoms with Crippen molar-refractivity contribution >= 4 is 56.6 Å². The van der Waals surface area contributed by atoms with Crippen LogP contribution < -0.4 is 19.6 Å². The number of hydrogen-bond acceptors (Lipinski definition) is 5. The first-order valence-corrected chi connectivity index (χ1v) is 11.3. The van der Waals surface area contributed by atoms with Crippen molar-refractivity contribution in [2.45, 2.75) is 6.61 Å². The molecule has 0 aliphatic heterocycles. The predicted molar refractivity (Wildman–Crippen MR) is 129 cm³/mol. The molecule has 8 heteroatoms. The minimum atomic E-state index is -0.118. The number of nitrogens with zero attached hydrogens (tertiary/aromatic N) is 2. The molecule has 0 fully saturated rings. The predicted octanol–water partition coefficient (Wildman–Crippen LogP) is 5.35. The van der Waals surface area contributed by atoms with Gasteiger partial charge in [0, 0.05) is 10.6 Å². The summed E-state index contributed by atoms with van der Waals surface area (Å²) in [7, 11) is 1.54. The lowest BCUT2D eigenvalue weighted by molar-refractivity contribution is 0.285. The molecule has 0 unspecified atom stereocenters. The maximum atomic E-state index is 13.0. The molecule has 0 saturated heterocycles. The zero-order valence-electron chi connectivity index (χ0n) is 16.8. The SMILES string of the molecule is COc1cc(/C=c2\sc3nc4ccccc4n3c2=O)cc(Cl)c1OCc1ccccc1Cl. The van der Waals surface area contributed by atoms with Gasteiger partial charge in [0.15, 0.2) is 16.5 Å². The van der Waals surface area contributed by atoms with E-state index in [9.17, 15) is 4.79 Å². The van der Waals surface area contributed by atoms with Crippen LogP contribution in [0.5, 0.6) is 11.5 Å². The summed E-state index contributed by atoms with van der Waals surface area (Å²) in [6.07, 6.45) is 1.78. The molecule has 0 aliphatic carbocycles. The fourth-order valence-electron chi connectivity index (χ4n) is 3.49. The van der Waals surface area contributed by atoms with Gasteiger partial charge in [-0.05, 0) is 42.0 Å². The number of rotatable bonds is 5. The highest BCUT2D eigenvalue weighted by Crippen LogP contribution is 2.37. The van der Waals surface area contributed by atoms with Gasteiger partial charge in [-0.25, -0.2) is 9.38 Å². The molecule has 32 heavy (non-hydrogen) atoms. The number of aromatic nitrogens is 2. The lowest BCUT2D eigenvalue weighted by Gasteiger charge is -2.14. The number of benzene rings is 3. The number of halogens is 2. The summed E-state index contributed by atoms with van der Waals surface area (Å²) in [6.45, 7) is 0.249. The highest BCUT2D eigenvalue weighted by atomic mass is 35.5. The van der Waals surface area contributed by atoms with Crippen molar-refractivity contribution in [1.82, 2.24) is 9.38 Å². The van der Waals surface area contributed by atoms with Crippen molar-refractivity contribution in [2.24, 2.45) is 0 Å². The monoisotopic (exact) mass is 482 g/mol. The molecule has 0 saturated carbocycles. The zero-order chi connectivity index (χ0) is 22.2. The number of fused-ring (bicyclic) bond motifs is 3. The number of ether oxygens (including phenoxy) is 2. The van der Waals surface area contributed by atoms with Crippen LogP contribution in [0.4, 0.5) is 0 Å². The average molecular weight is 483 g/mol. The Morgan fingerprint density at radius 1 is 1.06 bits per heavy atom. The minimum absolute atomic E-state index is 0.118. The van der Waals surface area contributed by atoms with E-state index in [1.807, 2.05) is 42.5 Å². The van der Waals surface area contributed by atoms with Gasteiger partial charge in [0.25, 0.3) is 5.56 Å². The Labute approximate surface area is 197 Å². The lowest BCUT2D eigenvalue weighted by atomic mass is 10.2. The Hall–Kier alpha value is -3.06. The normalized spacial score (nSPS) is 12.0. The van der Waals surface area contributed by atoms with Gasteiger partial charge < -0.3 is 9.47 Å². The number of methoxy groups -OCH3 is 1. The topological polar surface area (TPSA) is 52.8 Å². The molecule has 0 aliphatic rings. The van der Waals surface area contributed by atoms with Crippen molar-refractivity contribution in [3.8, 4) is 11.5 Å². The number of para-hydroxylation sites is 2. The summed E-state index contributed by atoms with van der Waals surface area (Å²) in [6, 6.07) is 18.5. The van der Waals surface area contributed by atoms with Crippen LogP contribution in [-0.2, 0) is 6.61 Å². The van der Waals surface area contributed by atoms with Crippen LogP contribution >= 0.6 is 34.5 Å². The third-order valence-electron chi connectivity index (χ3n) is 5.02. The molecule has 3 aromatic carbocycles. The molecule has 0 atom stereocenters. The Balaban J connectivity index is 1.53. The van der Waals surface area contributed by atoms with Gasteiger partial charge in [-0.1, -0.05) is 64.9 Å². The summed E-state index contributed by atoms with van der Waals surface area (Å²) < 4.78 is 13.6. The molecular weight excluding hydrogens is 467 g/mol. The standard InChI is InChI=1S/C24H16Cl2N2O3S/c1-30-20-11-14(10-17(26)22(20)31-13-15-6-2-3-7-16(15)25)12-21-23(29)28-19-9-5-4-8-18(19)27-24(28)32-21/h2-12H,13H2,1H3/b21-12-. The fourth-order valence-corrected chi connectivity index (χ4v) is 4.94. The van der Waals surface area contributed by atoms with Crippen molar-refractivity contribution in [3.05, 3.63) is 96.7 Å². The van der Waals surface area contributed by atoms with Crippen LogP contribution in [0, 0.1) is 0 Å². The maximum absolute atomic E-state index is 13.0. The van der Waals surface area contributed by atoms with Crippen molar-refractivity contribution in [2.75, 3.05) is 7.11 Å². The largest absolute Gasteiger partial charge is 0.493 e. The first-order chi connectivity index (χ1) is 15.5. The summed E-state index contributed by atoms with van der Waals surface area (Å²) >= 11 is 14.1. The summed E-state index contributed by atoms with van der Waals surface area (Å²) in [5, 5.41) is 0.993. The van der Waals surface area contributed by atoms with E-state index in [1.165, 1.54) is 11.3 Å². The van der Waals surface area contributed by atoms with E-state index in [0.29, 0.717) is 31.0 Å². The van der Waals surface area contributed by atoms with E-state index < -0.39 is 0 Å². The highest BCUT2D eigenvalue weighted by molar-refractivity contribution is 7.15. The Morgan fingerprint density at radius 2 is 1.84 bits per heavy atom. The van der Waals surface area contributed by atoms with Crippen LogP contribution in [-0.4, -0.2) is 16.5 Å². The summed E-state index contributed by atoms with van der Waals surface area (Å²) in [5.74, 6) is 0.885. The van der Waals surface area contributed by atoms with Crippen LogP contribution in [0.15, 0.2) is 65.5 Å². The first-order valence-electron chi connectivity index (χ1n) is 9.70. The second-order valence-corrected chi connectivity index (χ2v) is 8.87. The molecular formula is C24H16Cl2N2O3S. The second-order valence-electron chi connectivity index (χ2n) is 7.05. The Bertz CT molecular complexity index is 1580. The zero-order valence-corrected chi connectivity index (χ0v) is 19.2. The molecule has 0 N–H and O–H groups in total. The molecule has 160 valence electrons. The fraction of sp³-hybridized carbons (Fsp3) is 0.0833. The molecule has 5 aromatic rings. The van der Waals surface area contributed by atoms with Crippen LogP contribution in [0.1, 0.15) is 11.1 Å². The summed E-state index contributed by atoms with van der Waals surface area (Å²) in [4.78, 5) is 18.2. The van der Waals surface area contributed by atoms with E-state index >= 15 is 0 Å². The van der Waals surface area contributed by atoms with Gasteiger partial charge in [-0.15, -0.1) is 0 Å². The smallest absolute Gasteiger partial charge is 0.274 e. The van der Waals surface area contributed by atoms with Gasteiger partial charge in [0.1, 0.15) is 6.61 Å². The molecule has 5 nitrogen and oxygen atoms in total. The Morgan fingerprint density at radius 3 is 2.66 bits per heavy atom. The summed E-state index contributed by atoms with van der Waals surface area (Å²) in [5.41, 5.74) is 3.04. The molecule has 0 amide bonds. The number of hydrogen-bond donors (Lipinski definition) is 0. The van der Waals surface area contributed by atoms with Crippen molar-refractivity contribution in [3.63, 3.8) is 0 Å². The van der Waals surface area contributed by atoms with E-state index in [1.54, 1.807) is 35.8 Å². The van der Waals surface area contributed by atoms with Gasteiger partial charge in [0.2, 0.25) is 0 Å². The molecule has 2 aromatic heterocycles. The van der Waals surface area contributed by atoms with E-state index in [2.05, 4.69) is 4.98 Å².